The second-order valence-electron chi connectivity index (χ2n) is 2.84. The summed E-state index contributed by atoms with van der Waals surface area (Å²) in [4.78, 5) is 0. The Morgan fingerprint density at radius 1 is 1.15 bits per heavy atom. The maximum Gasteiger partial charge on any atom is 0.390 e. The molecule has 0 amide bonds. The van der Waals surface area contributed by atoms with Crippen molar-refractivity contribution in [3.8, 4) is 0 Å². The van der Waals surface area contributed by atoms with E-state index in [0.29, 0.717) is 5.56 Å². The van der Waals surface area contributed by atoms with Gasteiger partial charge in [-0.15, -0.1) is 0 Å². The van der Waals surface area contributed by atoms with Crippen molar-refractivity contribution < 1.29 is 13.2 Å². The van der Waals surface area contributed by atoms with Gasteiger partial charge in [-0.05, 0) is 5.56 Å². The molecule has 0 aliphatic rings. The zero-order chi connectivity index (χ0) is 9.90. The maximum absolute atomic E-state index is 11.9. The highest BCUT2D eigenvalue weighted by Gasteiger charge is 2.30. The maximum atomic E-state index is 11.9. The Morgan fingerprint density at radius 2 is 1.69 bits per heavy atom. The van der Waals surface area contributed by atoms with Crippen molar-refractivity contribution >= 4 is 0 Å². The standard InChI is InChI=1S/C9H10F3N/c10-9(11,12)6-8(13)7-4-2-1-3-5-7/h1-5,8H,6,13H2/t8-/m0/s1. The van der Waals surface area contributed by atoms with Gasteiger partial charge in [0.1, 0.15) is 0 Å². The zero-order valence-electron chi connectivity index (χ0n) is 6.88. The van der Waals surface area contributed by atoms with Gasteiger partial charge in [-0.2, -0.15) is 13.2 Å². The fourth-order valence-electron chi connectivity index (χ4n) is 1.07. The van der Waals surface area contributed by atoms with Crippen molar-refractivity contribution in [3.05, 3.63) is 35.9 Å². The van der Waals surface area contributed by atoms with Crippen LogP contribution in [0.15, 0.2) is 30.3 Å². The normalized spacial score (nSPS) is 14.2. The lowest BCUT2D eigenvalue weighted by molar-refractivity contribution is -0.138. The predicted molar refractivity (Wildman–Crippen MR) is 44.0 cm³/mol. The van der Waals surface area contributed by atoms with E-state index in [-0.39, 0.29) is 0 Å². The minimum Gasteiger partial charge on any atom is -0.324 e. The van der Waals surface area contributed by atoms with E-state index in [1.165, 1.54) is 0 Å². The van der Waals surface area contributed by atoms with Gasteiger partial charge >= 0.3 is 6.18 Å². The number of benzene rings is 1. The van der Waals surface area contributed by atoms with Crippen LogP contribution in [0.4, 0.5) is 13.2 Å². The highest BCUT2D eigenvalue weighted by atomic mass is 19.4. The molecular weight excluding hydrogens is 179 g/mol. The molecular formula is C9H10F3N. The Morgan fingerprint density at radius 3 is 2.15 bits per heavy atom. The number of alkyl halides is 3. The molecule has 72 valence electrons. The first-order valence-electron chi connectivity index (χ1n) is 3.86. The number of nitrogens with two attached hydrogens (primary N) is 1. The molecule has 1 atom stereocenters. The van der Waals surface area contributed by atoms with Crippen LogP contribution < -0.4 is 5.73 Å². The van der Waals surface area contributed by atoms with E-state index in [9.17, 15) is 13.2 Å². The van der Waals surface area contributed by atoms with Gasteiger partial charge in [-0.25, -0.2) is 0 Å². The fourth-order valence-corrected chi connectivity index (χ4v) is 1.07. The highest BCUT2D eigenvalue weighted by Crippen LogP contribution is 2.27. The highest BCUT2D eigenvalue weighted by molar-refractivity contribution is 5.18. The summed E-state index contributed by atoms with van der Waals surface area (Å²) >= 11 is 0. The Kier molecular flexibility index (Phi) is 2.93. The average Bonchev–Trinajstić information content (AvgIpc) is 2.03. The van der Waals surface area contributed by atoms with Crippen LogP contribution in [0.25, 0.3) is 0 Å². The molecule has 0 spiro atoms. The van der Waals surface area contributed by atoms with Gasteiger partial charge < -0.3 is 5.73 Å². The molecule has 13 heavy (non-hydrogen) atoms. The van der Waals surface area contributed by atoms with E-state index < -0.39 is 18.6 Å². The van der Waals surface area contributed by atoms with Crippen molar-refractivity contribution in [2.75, 3.05) is 0 Å². The lowest BCUT2D eigenvalue weighted by atomic mass is 10.1. The van der Waals surface area contributed by atoms with Crippen LogP contribution in [-0.4, -0.2) is 6.18 Å². The first-order valence-corrected chi connectivity index (χ1v) is 3.86. The summed E-state index contributed by atoms with van der Waals surface area (Å²) in [6.45, 7) is 0. The summed E-state index contributed by atoms with van der Waals surface area (Å²) < 4.78 is 35.7. The lowest BCUT2D eigenvalue weighted by Crippen LogP contribution is -2.20. The summed E-state index contributed by atoms with van der Waals surface area (Å²) in [7, 11) is 0. The van der Waals surface area contributed by atoms with Gasteiger partial charge in [0.15, 0.2) is 0 Å². The molecule has 0 aromatic heterocycles. The Hall–Kier alpha value is -1.03. The molecule has 0 aliphatic heterocycles. The molecule has 0 saturated heterocycles. The minimum atomic E-state index is -4.20. The monoisotopic (exact) mass is 189 g/mol. The van der Waals surface area contributed by atoms with Gasteiger partial charge in [0.2, 0.25) is 0 Å². The molecule has 2 N–H and O–H groups in total. The van der Waals surface area contributed by atoms with Gasteiger partial charge in [0.05, 0.1) is 6.42 Å². The molecule has 1 rings (SSSR count). The number of hydrogen-bond acceptors (Lipinski definition) is 1. The smallest absolute Gasteiger partial charge is 0.324 e. The second kappa shape index (κ2) is 3.79. The molecule has 4 heteroatoms. The van der Waals surface area contributed by atoms with E-state index in [1.54, 1.807) is 30.3 Å². The van der Waals surface area contributed by atoms with Crippen LogP contribution in [0.1, 0.15) is 18.0 Å². The average molecular weight is 189 g/mol. The number of halogens is 3. The first kappa shape index (κ1) is 10.1. The zero-order valence-corrected chi connectivity index (χ0v) is 6.88. The van der Waals surface area contributed by atoms with Crippen LogP contribution in [0.3, 0.4) is 0 Å². The summed E-state index contributed by atoms with van der Waals surface area (Å²) in [6, 6.07) is 7.31. The molecule has 0 radical (unpaired) electrons. The molecule has 0 heterocycles. The molecule has 0 fully saturated rings. The topological polar surface area (TPSA) is 26.0 Å². The molecule has 1 aromatic rings. The fraction of sp³-hybridized carbons (Fsp3) is 0.333. The van der Waals surface area contributed by atoms with Gasteiger partial charge in [0, 0.05) is 6.04 Å². The quantitative estimate of drug-likeness (QED) is 0.760. The molecule has 1 aromatic carbocycles. The van der Waals surface area contributed by atoms with Crippen LogP contribution in [0, 0.1) is 0 Å². The third-order valence-corrected chi connectivity index (χ3v) is 1.68. The van der Waals surface area contributed by atoms with E-state index in [4.69, 9.17) is 5.73 Å². The Balaban J connectivity index is 2.64. The molecule has 0 saturated carbocycles. The van der Waals surface area contributed by atoms with E-state index >= 15 is 0 Å². The molecule has 0 unspecified atom stereocenters. The third-order valence-electron chi connectivity index (χ3n) is 1.68. The van der Waals surface area contributed by atoms with Crippen molar-refractivity contribution in [1.29, 1.82) is 0 Å². The molecule has 0 bridgehead atoms. The minimum absolute atomic E-state index is 0.514. The molecule has 0 aliphatic carbocycles. The van der Waals surface area contributed by atoms with Crippen LogP contribution in [0.5, 0.6) is 0 Å². The van der Waals surface area contributed by atoms with E-state index in [0.717, 1.165) is 0 Å². The Bertz CT molecular complexity index is 255. The first-order chi connectivity index (χ1) is 5.99. The summed E-state index contributed by atoms with van der Waals surface area (Å²) in [5.74, 6) is 0. The summed E-state index contributed by atoms with van der Waals surface area (Å²) in [6.07, 6.45) is -5.17. The Labute approximate surface area is 74.4 Å². The second-order valence-corrected chi connectivity index (χ2v) is 2.84. The number of hydrogen-bond donors (Lipinski definition) is 1. The van der Waals surface area contributed by atoms with Gasteiger partial charge in [0.25, 0.3) is 0 Å². The van der Waals surface area contributed by atoms with Crippen molar-refractivity contribution in [3.63, 3.8) is 0 Å². The predicted octanol–water partition coefficient (Wildman–Crippen LogP) is 2.64. The van der Waals surface area contributed by atoms with E-state index in [2.05, 4.69) is 0 Å². The van der Waals surface area contributed by atoms with Crippen molar-refractivity contribution in [2.45, 2.75) is 18.6 Å². The third kappa shape index (κ3) is 3.46. The van der Waals surface area contributed by atoms with Gasteiger partial charge in [-0.3, -0.25) is 0 Å². The summed E-state index contributed by atoms with van der Waals surface area (Å²) in [5.41, 5.74) is 5.87. The number of rotatable bonds is 2. The van der Waals surface area contributed by atoms with Crippen LogP contribution in [0.2, 0.25) is 0 Å². The molecule has 1 nitrogen and oxygen atoms in total. The SMILES string of the molecule is N[C@@H](CC(F)(F)F)c1ccccc1. The summed E-state index contributed by atoms with van der Waals surface area (Å²) in [5, 5.41) is 0. The van der Waals surface area contributed by atoms with Crippen LogP contribution in [-0.2, 0) is 0 Å². The largest absolute Gasteiger partial charge is 0.390 e. The van der Waals surface area contributed by atoms with Crippen LogP contribution >= 0.6 is 0 Å². The lowest BCUT2D eigenvalue weighted by Gasteiger charge is -2.13. The van der Waals surface area contributed by atoms with Crippen molar-refractivity contribution in [1.82, 2.24) is 0 Å². The van der Waals surface area contributed by atoms with E-state index in [1.807, 2.05) is 0 Å². The van der Waals surface area contributed by atoms with Crippen molar-refractivity contribution in [2.24, 2.45) is 5.73 Å². The van der Waals surface area contributed by atoms with Gasteiger partial charge in [-0.1, -0.05) is 30.3 Å².